The van der Waals surface area contributed by atoms with Crippen LogP contribution in [0.5, 0.6) is 0 Å². The number of hydrogen-bond acceptors (Lipinski definition) is 3. The van der Waals surface area contributed by atoms with Gasteiger partial charge in [-0.25, -0.2) is 0 Å². The molecule has 0 aromatic heterocycles. The Balaban J connectivity index is 2.01. The monoisotopic (exact) mass is 569 g/mol. The van der Waals surface area contributed by atoms with Crippen LogP contribution in [0.2, 0.25) is 20.1 Å². The lowest BCUT2D eigenvalue weighted by Crippen LogP contribution is -2.14. The number of hydrogen-bond donors (Lipinski definition) is 0. The summed E-state index contributed by atoms with van der Waals surface area (Å²) in [5.74, 6) is -0.481. The Labute approximate surface area is 236 Å². The van der Waals surface area contributed by atoms with E-state index in [0.717, 1.165) is 22.6 Å². The molecule has 0 spiro atoms. The minimum atomic E-state index is -0.481. The molecule has 188 valence electrons. The Kier molecular flexibility index (Phi) is 9.96. The van der Waals surface area contributed by atoms with Crippen LogP contribution in [-0.4, -0.2) is 12.1 Å². The minimum Gasteiger partial charge on any atom is -0.311 e. The fourth-order valence-corrected chi connectivity index (χ4v) is 4.66. The highest BCUT2D eigenvalue weighted by atomic mass is 35.5. The van der Waals surface area contributed by atoms with E-state index in [2.05, 4.69) is 11.5 Å². The number of aldehydes is 1. The number of benzene rings is 3. The Morgan fingerprint density at radius 1 is 0.865 bits per heavy atom. The van der Waals surface area contributed by atoms with Crippen LogP contribution in [0.1, 0.15) is 40.1 Å². The standard InChI is InChI=1S/C30H23Cl4NO2/c1-4-6-10-21(5-2)35(22-11-8-7-9-12-22)23-15-13-20(14-16-23)17-19(3)30(37)25-24(18-36)26(31)28(33)29(34)27(25)32/h4-18H,2H2,1,3H3/b6-4-,19-17?,21-10+. The van der Waals surface area contributed by atoms with Gasteiger partial charge in [0.25, 0.3) is 0 Å². The average molecular weight is 571 g/mol. The van der Waals surface area contributed by atoms with Crippen LogP contribution in [0, 0.1) is 0 Å². The Hall–Kier alpha value is -3.08. The van der Waals surface area contributed by atoms with E-state index in [-0.39, 0.29) is 31.2 Å². The van der Waals surface area contributed by atoms with E-state index in [1.807, 2.05) is 79.7 Å². The third-order valence-electron chi connectivity index (χ3n) is 5.48. The van der Waals surface area contributed by atoms with Gasteiger partial charge in [0.1, 0.15) is 0 Å². The third kappa shape index (κ3) is 6.26. The summed E-state index contributed by atoms with van der Waals surface area (Å²) in [5.41, 5.74) is 3.71. The summed E-state index contributed by atoms with van der Waals surface area (Å²) < 4.78 is 0. The maximum atomic E-state index is 13.2. The number of halogens is 4. The molecule has 7 heteroatoms. The molecule has 0 N–H and O–H groups in total. The number of carbonyl (C=O) groups excluding carboxylic acids is 2. The fourth-order valence-electron chi connectivity index (χ4n) is 3.67. The van der Waals surface area contributed by atoms with E-state index < -0.39 is 5.78 Å². The second kappa shape index (κ2) is 12.9. The van der Waals surface area contributed by atoms with E-state index >= 15 is 0 Å². The van der Waals surface area contributed by atoms with Crippen molar-refractivity contribution in [1.82, 2.24) is 0 Å². The van der Waals surface area contributed by atoms with Gasteiger partial charge in [0.15, 0.2) is 12.1 Å². The molecule has 3 aromatic rings. The molecule has 0 aliphatic heterocycles. The van der Waals surface area contributed by atoms with Gasteiger partial charge >= 0.3 is 0 Å². The number of Topliss-reactive ketones (excluding diaryl/α,β-unsaturated/α-hetero) is 1. The molecule has 0 aliphatic rings. The summed E-state index contributed by atoms with van der Waals surface area (Å²) in [6, 6.07) is 17.6. The van der Waals surface area contributed by atoms with E-state index in [0.29, 0.717) is 11.9 Å². The Morgan fingerprint density at radius 3 is 2.03 bits per heavy atom. The highest BCUT2D eigenvalue weighted by Crippen LogP contribution is 2.41. The second-order valence-electron chi connectivity index (χ2n) is 7.90. The molecule has 0 atom stereocenters. The van der Waals surface area contributed by atoms with E-state index in [9.17, 15) is 9.59 Å². The number of carbonyl (C=O) groups is 2. The van der Waals surface area contributed by atoms with Crippen LogP contribution in [0.15, 0.2) is 96.8 Å². The fraction of sp³-hybridized carbons (Fsp3) is 0.0667. The summed E-state index contributed by atoms with van der Waals surface area (Å²) in [6.07, 6.45) is 9.82. The molecule has 3 nitrogen and oxygen atoms in total. The van der Waals surface area contributed by atoms with Gasteiger partial charge in [-0.2, -0.15) is 0 Å². The summed E-state index contributed by atoms with van der Waals surface area (Å²) in [7, 11) is 0. The van der Waals surface area contributed by atoms with Crippen molar-refractivity contribution in [2.45, 2.75) is 13.8 Å². The zero-order valence-corrected chi connectivity index (χ0v) is 23.2. The summed E-state index contributed by atoms with van der Waals surface area (Å²) in [6.45, 7) is 7.56. The Bertz CT molecular complexity index is 1420. The van der Waals surface area contributed by atoms with Gasteiger partial charge in [-0.15, -0.1) is 0 Å². The molecule has 0 saturated carbocycles. The summed E-state index contributed by atoms with van der Waals surface area (Å²) in [4.78, 5) is 27.0. The van der Waals surface area contributed by atoms with Crippen LogP contribution >= 0.6 is 46.4 Å². The lowest BCUT2D eigenvalue weighted by atomic mass is 9.98. The SMILES string of the molecule is C=C/C(=C\C=C/C)N(c1ccccc1)c1ccc(C=C(C)C(=O)c2c(Cl)c(Cl)c(Cl)c(Cl)c2C=O)cc1. The highest BCUT2D eigenvalue weighted by molar-refractivity contribution is 6.54. The zero-order valence-electron chi connectivity index (χ0n) is 20.1. The predicted octanol–water partition coefficient (Wildman–Crippen LogP) is 10.2. The second-order valence-corrected chi connectivity index (χ2v) is 9.41. The summed E-state index contributed by atoms with van der Waals surface area (Å²) in [5, 5.41) is -0.384. The molecule has 0 amide bonds. The lowest BCUT2D eigenvalue weighted by Gasteiger charge is -2.26. The van der Waals surface area contributed by atoms with Crippen molar-refractivity contribution < 1.29 is 9.59 Å². The molecular weight excluding hydrogens is 548 g/mol. The topological polar surface area (TPSA) is 37.4 Å². The number of ketones is 1. The molecule has 0 radical (unpaired) electrons. The van der Waals surface area contributed by atoms with Gasteiger partial charge in [0, 0.05) is 22.6 Å². The lowest BCUT2D eigenvalue weighted by molar-refractivity contribution is 0.102. The number of para-hydroxylation sites is 1. The van der Waals surface area contributed by atoms with Crippen molar-refractivity contribution in [3.05, 3.63) is 134 Å². The van der Waals surface area contributed by atoms with Crippen molar-refractivity contribution in [2.24, 2.45) is 0 Å². The maximum absolute atomic E-state index is 13.2. The molecule has 0 heterocycles. The molecule has 0 aliphatic carbocycles. The molecular formula is C30H23Cl4NO2. The zero-order chi connectivity index (χ0) is 27.1. The molecule has 3 rings (SSSR count). The number of nitrogens with zero attached hydrogens (tertiary/aromatic N) is 1. The maximum Gasteiger partial charge on any atom is 0.191 e. The number of rotatable bonds is 9. The largest absolute Gasteiger partial charge is 0.311 e. The molecule has 0 unspecified atom stereocenters. The van der Waals surface area contributed by atoms with Crippen LogP contribution in [0.25, 0.3) is 6.08 Å². The summed E-state index contributed by atoms with van der Waals surface area (Å²) >= 11 is 24.6. The van der Waals surface area contributed by atoms with Gasteiger partial charge < -0.3 is 4.90 Å². The van der Waals surface area contributed by atoms with Crippen LogP contribution < -0.4 is 4.90 Å². The van der Waals surface area contributed by atoms with Crippen molar-refractivity contribution >= 4 is 75.9 Å². The van der Waals surface area contributed by atoms with Gasteiger partial charge in [-0.1, -0.05) is 95.5 Å². The van der Waals surface area contributed by atoms with E-state index in [4.69, 9.17) is 46.4 Å². The predicted molar refractivity (Wildman–Crippen MR) is 158 cm³/mol. The minimum absolute atomic E-state index is 0.0745. The van der Waals surface area contributed by atoms with Gasteiger partial charge in [0.05, 0.1) is 25.7 Å². The van der Waals surface area contributed by atoms with E-state index in [1.54, 1.807) is 19.1 Å². The average Bonchev–Trinajstić information content (AvgIpc) is 2.92. The van der Waals surface area contributed by atoms with Gasteiger partial charge in [-0.3, -0.25) is 9.59 Å². The van der Waals surface area contributed by atoms with Gasteiger partial charge in [0.2, 0.25) is 0 Å². The molecule has 0 bridgehead atoms. The van der Waals surface area contributed by atoms with Gasteiger partial charge in [-0.05, 0) is 67.5 Å². The third-order valence-corrected chi connectivity index (χ3v) is 7.30. The molecule has 0 saturated heterocycles. The Morgan fingerprint density at radius 2 is 1.46 bits per heavy atom. The molecule has 37 heavy (non-hydrogen) atoms. The van der Waals surface area contributed by atoms with Crippen LogP contribution in [0.4, 0.5) is 11.4 Å². The quantitative estimate of drug-likeness (QED) is 0.0641. The van der Waals surface area contributed by atoms with Crippen LogP contribution in [-0.2, 0) is 0 Å². The smallest absolute Gasteiger partial charge is 0.191 e. The number of anilines is 2. The van der Waals surface area contributed by atoms with Crippen molar-refractivity contribution in [3.8, 4) is 0 Å². The van der Waals surface area contributed by atoms with Crippen molar-refractivity contribution in [1.29, 1.82) is 0 Å². The van der Waals surface area contributed by atoms with Crippen molar-refractivity contribution in [2.75, 3.05) is 4.90 Å². The van der Waals surface area contributed by atoms with Crippen LogP contribution in [0.3, 0.4) is 0 Å². The normalized spacial score (nSPS) is 12.1. The number of allylic oxidation sites excluding steroid dienone is 5. The first-order valence-electron chi connectivity index (χ1n) is 11.2. The molecule has 0 fully saturated rings. The first-order chi connectivity index (χ1) is 17.7. The first kappa shape index (κ1) is 28.5. The van der Waals surface area contributed by atoms with Crippen molar-refractivity contribution in [3.63, 3.8) is 0 Å². The molecule has 3 aromatic carbocycles. The first-order valence-corrected chi connectivity index (χ1v) is 12.7. The highest BCUT2D eigenvalue weighted by Gasteiger charge is 2.25. The van der Waals surface area contributed by atoms with E-state index in [1.165, 1.54) is 0 Å².